The molecule has 0 spiro atoms. The summed E-state index contributed by atoms with van der Waals surface area (Å²) in [7, 11) is 0. The van der Waals surface area contributed by atoms with Gasteiger partial charge >= 0.3 is 5.97 Å². The molecule has 148 valence electrons. The fraction of sp³-hybridized carbons (Fsp3) is 0.368. The Bertz CT molecular complexity index is 846. The van der Waals surface area contributed by atoms with E-state index in [0.717, 1.165) is 0 Å². The van der Waals surface area contributed by atoms with Gasteiger partial charge in [-0.15, -0.1) is 11.3 Å². The molecule has 1 saturated heterocycles. The third-order valence-electron chi connectivity index (χ3n) is 4.34. The summed E-state index contributed by atoms with van der Waals surface area (Å²) in [6.07, 6.45) is 0.681. The highest BCUT2D eigenvalue weighted by Crippen LogP contribution is 2.30. The van der Waals surface area contributed by atoms with Crippen LogP contribution in [0.15, 0.2) is 35.7 Å². The number of ketones is 1. The van der Waals surface area contributed by atoms with E-state index in [0.29, 0.717) is 43.3 Å². The van der Waals surface area contributed by atoms with Crippen molar-refractivity contribution in [2.24, 2.45) is 0 Å². The fourth-order valence-electron chi connectivity index (χ4n) is 2.91. The van der Waals surface area contributed by atoms with Gasteiger partial charge in [0.1, 0.15) is 5.69 Å². The predicted octanol–water partition coefficient (Wildman–Crippen LogP) is 3.31. The number of hydrogen-bond donors (Lipinski definition) is 0. The van der Waals surface area contributed by atoms with E-state index in [4.69, 9.17) is 9.47 Å². The third-order valence-corrected chi connectivity index (χ3v) is 5.25. The minimum atomic E-state index is -0.639. The molecule has 0 bridgehead atoms. The number of esters is 1. The summed E-state index contributed by atoms with van der Waals surface area (Å²) < 4.78 is 10.4. The molecule has 0 N–H and O–H groups in total. The molecular formula is C19H20N2O6S. The monoisotopic (exact) mass is 404 g/mol. The molecule has 2 heterocycles. The number of hydrogen-bond acceptors (Lipinski definition) is 8. The van der Waals surface area contributed by atoms with E-state index in [9.17, 15) is 19.7 Å². The Hall–Kier alpha value is -2.78. The number of carbonyl (C=O) groups is 2. The Labute approximate surface area is 165 Å². The lowest BCUT2D eigenvalue weighted by Gasteiger charge is -2.28. The van der Waals surface area contributed by atoms with E-state index in [1.807, 2.05) is 16.3 Å². The molecule has 0 radical (unpaired) electrons. The number of benzene rings is 1. The van der Waals surface area contributed by atoms with Crippen molar-refractivity contribution >= 4 is 34.5 Å². The first-order valence-corrected chi connectivity index (χ1v) is 9.79. The molecule has 2 aromatic rings. The van der Waals surface area contributed by atoms with Crippen molar-refractivity contribution < 1.29 is 24.0 Å². The average molecular weight is 404 g/mol. The first-order chi connectivity index (χ1) is 13.6. The van der Waals surface area contributed by atoms with E-state index in [1.54, 1.807) is 12.1 Å². The van der Waals surface area contributed by atoms with Crippen LogP contribution < -0.4 is 4.90 Å². The lowest BCUT2D eigenvalue weighted by molar-refractivity contribution is -0.384. The average Bonchev–Trinajstić information content (AvgIpc) is 3.26. The highest BCUT2D eigenvalue weighted by molar-refractivity contribution is 7.12. The van der Waals surface area contributed by atoms with Gasteiger partial charge in [0.25, 0.3) is 5.69 Å². The van der Waals surface area contributed by atoms with Crippen LogP contribution in [-0.4, -0.2) is 49.6 Å². The van der Waals surface area contributed by atoms with Crippen molar-refractivity contribution in [3.63, 3.8) is 0 Å². The normalized spacial score (nSPS) is 13.9. The summed E-state index contributed by atoms with van der Waals surface area (Å²) in [5, 5.41) is 13.3. The van der Waals surface area contributed by atoms with Crippen molar-refractivity contribution in [1.82, 2.24) is 0 Å². The van der Waals surface area contributed by atoms with Crippen LogP contribution in [0.2, 0.25) is 0 Å². The quantitative estimate of drug-likeness (QED) is 0.219. The van der Waals surface area contributed by atoms with E-state index < -0.39 is 10.9 Å². The van der Waals surface area contributed by atoms with E-state index in [-0.39, 0.29) is 30.1 Å². The lowest BCUT2D eigenvalue weighted by Crippen LogP contribution is -2.36. The zero-order valence-electron chi connectivity index (χ0n) is 15.2. The van der Waals surface area contributed by atoms with Crippen LogP contribution in [0.5, 0.6) is 0 Å². The standard InChI is InChI=1S/C19H20N2O6S/c22-17(18-4-2-12-28-18)3-1-9-27-19(23)14-5-6-15(16(13-14)21(24)25)20-7-10-26-11-8-20/h2,4-6,12-13H,1,3,7-11H2. The van der Waals surface area contributed by atoms with Crippen molar-refractivity contribution in [2.75, 3.05) is 37.8 Å². The molecule has 1 aromatic heterocycles. The minimum absolute atomic E-state index is 0.0107. The summed E-state index contributed by atoms with van der Waals surface area (Å²) in [4.78, 5) is 37.6. The summed E-state index contributed by atoms with van der Waals surface area (Å²) in [6.45, 7) is 2.21. The van der Waals surface area contributed by atoms with Crippen LogP contribution >= 0.6 is 11.3 Å². The number of ether oxygens (including phenoxy) is 2. The summed E-state index contributed by atoms with van der Waals surface area (Å²) in [5.41, 5.74) is 0.448. The number of nitro groups is 1. The van der Waals surface area contributed by atoms with Gasteiger partial charge in [-0.25, -0.2) is 4.79 Å². The molecule has 28 heavy (non-hydrogen) atoms. The second-order valence-electron chi connectivity index (χ2n) is 6.20. The predicted molar refractivity (Wildman–Crippen MR) is 104 cm³/mol. The van der Waals surface area contributed by atoms with Gasteiger partial charge in [-0.05, 0) is 30.0 Å². The summed E-state index contributed by atoms with van der Waals surface area (Å²) >= 11 is 1.38. The second kappa shape index (κ2) is 9.43. The van der Waals surface area contributed by atoms with E-state index in [1.165, 1.54) is 23.5 Å². The van der Waals surface area contributed by atoms with Crippen molar-refractivity contribution in [3.05, 3.63) is 56.3 Å². The number of nitro benzene ring substituents is 1. The maximum absolute atomic E-state index is 12.2. The Balaban J connectivity index is 1.57. The van der Waals surface area contributed by atoms with Crippen LogP contribution in [0.4, 0.5) is 11.4 Å². The largest absolute Gasteiger partial charge is 0.462 e. The zero-order valence-corrected chi connectivity index (χ0v) is 16.0. The maximum Gasteiger partial charge on any atom is 0.338 e. The Morgan fingerprint density at radius 2 is 2.04 bits per heavy atom. The van der Waals surface area contributed by atoms with Crippen molar-refractivity contribution in [3.8, 4) is 0 Å². The molecule has 8 nitrogen and oxygen atoms in total. The zero-order chi connectivity index (χ0) is 19.9. The van der Waals surface area contributed by atoms with Crippen LogP contribution in [0.25, 0.3) is 0 Å². The van der Waals surface area contributed by atoms with Gasteiger partial charge in [-0.2, -0.15) is 0 Å². The molecule has 3 rings (SSSR count). The van der Waals surface area contributed by atoms with Crippen LogP contribution in [0.1, 0.15) is 32.9 Å². The molecule has 1 aliphatic rings. The van der Waals surface area contributed by atoms with Crippen molar-refractivity contribution in [1.29, 1.82) is 0 Å². The van der Waals surface area contributed by atoms with Gasteiger partial charge in [0, 0.05) is 25.6 Å². The number of morpholine rings is 1. The number of thiophene rings is 1. The molecule has 0 atom stereocenters. The smallest absolute Gasteiger partial charge is 0.338 e. The van der Waals surface area contributed by atoms with Crippen LogP contribution in [0.3, 0.4) is 0 Å². The number of anilines is 1. The SMILES string of the molecule is O=C(OCCCC(=O)c1cccs1)c1ccc(N2CCOCC2)c([N+](=O)[O-])c1. The Kier molecular flexibility index (Phi) is 6.72. The molecule has 9 heteroatoms. The highest BCUT2D eigenvalue weighted by atomic mass is 32.1. The maximum atomic E-state index is 12.2. The van der Waals surface area contributed by atoms with E-state index in [2.05, 4.69) is 0 Å². The van der Waals surface area contributed by atoms with Gasteiger partial charge in [-0.1, -0.05) is 6.07 Å². The van der Waals surface area contributed by atoms with Gasteiger partial charge in [0.2, 0.25) is 0 Å². The third kappa shape index (κ3) is 4.93. The summed E-state index contributed by atoms with van der Waals surface area (Å²) in [6, 6.07) is 7.90. The number of carbonyl (C=O) groups excluding carboxylic acids is 2. The molecule has 0 amide bonds. The molecule has 1 aromatic carbocycles. The Morgan fingerprint density at radius 1 is 1.25 bits per heavy atom. The van der Waals surface area contributed by atoms with Gasteiger partial charge in [-0.3, -0.25) is 14.9 Å². The van der Waals surface area contributed by atoms with Gasteiger partial charge < -0.3 is 14.4 Å². The van der Waals surface area contributed by atoms with Gasteiger partial charge in [0.05, 0.1) is 35.2 Å². The number of rotatable bonds is 8. The first-order valence-electron chi connectivity index (χ1n) is 8.91. The summed E-state index contributed by atoms with van der Waals surface area (Å²) in [5.74, 6) is -0.628. The topological polar surface area (TPSA) is 99.0 Å². The van der Waals surface area contributed by atoms with Crippen LogP contribution in [0, 0.1) is 10.1 Å². The van der Waals surface area contributed by atoms with E-state index >= 15 is 0 Å². The number of Topliss-reactive ketones (excluding diaryl/α,β-unsaturated/α-hetero) is 1. The lowest BCUT2D eigenvalue weighted by atomic mass is 10.1. The highest BCUT2D eigenvalue weighted by Gasteiger charge is 2.23. The minimum Gasteiger partial charge on any atom is -0.462 e. The fourth-order valence-corrected chi connectivity index (χ4v) is 3.60. The molecule has 0 saturated carbocycles. The van der Waals surface area contributed by atoms with Crippen LogP contribution in [-0.2, 0) is 9.47 Å². The first kappa shape index (κ1) is 20.0. The molecule has 0 aliphatic carbocycles. The number of nitrogens with zero attached hydrogens (tertiary/aromatic N) is 2. The second-order valence-corrected chi connectivity index (χ2v) is 7.15. The molecule has 0 unspecified atom stereocenters. The molecule has 1 fully saturated rings. The molecular weight excluding hydrogens is 384 g/mol. The van der Waals surface area contributed by atoms with Crippen molar-refractivity contribution in [2.45, 2.75) is 12.8 Å². The Morgan fingerprint density at radius 3 is 2.71 bits per heavy atom. The van der Waals surface area contributed by atoms with Gasteiger partial charge in [0.15, 0.2) is 5.78 Å². The molecule has 1 aliphatic heterocycles.